The van der Waals surface area contributed by atoms with Crippen LogP contribution in [0.15, 0.2) is 84.9 Å². The zero-order valence-electron chi connectivity index (χ0n) is 17.7. The molecule has 5 nitrogen and oxygen atoms in total. The highest BCUT2D eigenvalue weighted by molar-refractivity contribution is 6.30. The van der Waals surface area contributed by atoms with Crippen LogP contribution in [0.4, 0.5) is 5.82 Å². The topological polar surface area (TPSA) is 44.4 Å². The van der Waals surface area contributed by atoms with E-state index in [1.165, 1.54) is 5.56 Å². The maximum atomic E-state index is 5.98. The van der Waals surface area contributed by atoms with Gasteiger partial charge >= 0.3 is 0 Å². The fraction of sp³-hybridized carbons (Fsp3) is 0.192. The van der Waals surface area contributed by atoms with E-state index in [-0.39, 0.29) is 0 Å². The smallest absolute Gasteiger partial charge is 0.151 e. The third-order valence-corrected chi connectivity index (χ3v) is 5.95. The van der Waals surface area contributed by atoms with Gasteiger partial charge in [-0.25, -0.2) is 0 Å². The molecule has 162 valence electrons. The number of nitrogens with zero attached hydrogens (tertiary/aromatic N) is 3. The van der Waals surface area contributed by atoms with Gasteiger partial charge in [0.1, 0.15) is 11.5 Å². The van der Waals surface area contributed by atoms with Crippen LogP contribution in [0, 0.1) is 0 Å². The molecule has 0 unspecified atom stereocenters. The molecule has 0 spiro atoms. The van der Waals surface area contributed by atoms with Gasteiger partial charge in [-0.05, 0) is 47.5 Å². The van der Waals surface area contributed by atoms with Gasteiger partial charge in [0.05, 0.1) is 5.69 Å². The minimum atomic E-state index is 0.705. The van der Waals surface area contributed by atoms with E-state index in [9.17, 15) is 0 Å². The summed E-state index contributed by atoms with van der Waals surface area (Å²) in [5.41, 5.74) is 3.46. The standard InChI is InChI=1S/C26H25ClN4O/c27-22-9-11-23(12-10-22)32-24-8-4-5-20(17-24)19-30-13-15-31(16-14-30)26-18-25(28-29-26)21-6-2-1-3-7-21/h1-12,17-18H,13-16,19H2,(H,28,29). The second kappa shape index (κ2) is 9.47. The van der Waals surface area contributed by atoms with Crippen molar-refractivity contribution in [1.29, 1.82) is 0 Å². The van der Waals surface area contributed by atoms with Gasteiger partial charge in [-0.15, -0.1) is 0 Å². The number of ether oxygens (including phenoxy) is 1. The number of hydrogen-bond acceptors (Lipinski definition) is 4. The van der Waals surface area contributed by atoms with E-state index in [1.54, 1.807) is 0 Å². The molecule has 1 N–H and O–H groups in total. The van der Waals surface area contributed by atoms with Gasteiger partial charge < -0.3 is 9.64 Å². The van der Waals surface area contributed by atoms with Crippen molar-refractivity contribution in [3.63, 3.8) is 0 Å². The Balaban J connectivity index is 1.17. The molecule has 1 aliphatic heterocycles. The second-order valence-electron chi connectivity index (χ2n) is 7.97. The van der Waals surface area contributed by atoms with Gasteiger partial charge in [0.25, 0.3) is 0 Å². The van der Waals surface area contributed by atoms with Gasteiger partial charge in [0, 0.05) is 43.8 Å². The molecule has 32 heavy (non-hydrogen) atoms. The Bertz CT molecular complexity index is 1150. The van der Waals surface area contributed by atoms with Crippen LogP contribution in [0.1, 0.15) is 5.56 Å². The third-order valence-electron chi connectivity index (χ3n) is 5.70. The number of rotatable bonds is 6. The number of H-pyrrole nitrogens is 1. The SMILES string of the molecule is Clc1ccc(Oc2cccc(CN3CCN(c4cc(-c5ccccc5)[nH]n4)CC3)c2)cc1. The maximum Gasteiger partial charge on any atom is 0.151 e. The van der Waals surface area contributed by atoms with Crippen molar-refractivity contribution in [2.45, 2.75) is 6.54 Å². The number of halogens is 1. The highest BCUT2D eigenvalue weighted by Crippen LogP contribution is 2.25. The van der Waals surface area contributed by atoms with Crippen molar-refractivity contribution in [3.8, 4) is 22.8 Å². The molecule has 1 aliphatic rings. The fourth-order valence-electron chi connectivity index (χ4n) is 3.98. The minimum absolute atomic E-state index is 0.705. The largest absolute Gasteiger partial charge is 0.457 e. The van der Waals surface area contributed by atoms with E-state index >= 15 is 0 Å². The Kier molecular flexibility index (Phi) is 6.10. The van der Waals surface area contributed by atoms with Crippen molar-refractivity contribution < 1.29 is 4.74 Å². The molecule has 0 aliphatic carbocycles. The molecule has 5 rings (SSSR count). The molecule has 1 aromatic heterocycles. The summed E-state index contributed by atoms with van der Waals surface area (Å²) in [5.74, 6) is 2.64. The number of aromatic amines is 1. The first kappa shape index (κ1) is 20.6. The number of hydrogen-bond donors (Lipinski definition) is 1. The summed E-state index contributed by atoms with van der Waals surface area (Å²) in [6, 6.07) is 28.2. The van der Waals surface area contributed by atoms with Crippen LogP contribution in [0.25, 0.3) is 11.3 Å². The van der Waals surface area contributed by atoms with Crippen molar-refractivity contribution >= 4 is 17.4 Å². The van der Waals surface area contributed by atoms with Gasteiger partial charge in [0.2, 0.25) is 0 Å². The average Bonchev–Trinajstić information content (AvgIpc) is 3.32. The van der Waals surface area contributed by atoms with Crippen LogP contribution in [0.3, 0.4) is 0 Å². The average molecular weight is 445 g/mol. The van der Waals surface area contributed by atoms with Crippen LogP contribution in [0.5, 0.6) is 11.5 Å². The van der Waals surface area contributed by atoms with Crippen LogP contribution in [-0.4, -0.2) is 41.3 Å². The molecule has 2 heterocycles. The highest BCUT2D eigenvalue weighted by Gasteiger charge is 2.19. The summed E-state index contributed by atoms with van der Waals surface area (Å²) in [7, 11) is 0. The predicted octanol–water partition coefficient (Wildman–Crippen LogP) is 5.84. The number of benzene rings is 3. The van der Waals surface area contributed by atoms with E-state index in [2.05, 4.69) is 50.3 Å². The number of anilines is 1. The molecular weight excluding hydrogens is 420 g/mol. The maximum absolute atomic E-state index is 5.98. The van der Waals surface area contributed by atoms with Crippen LogP contribution in [0.2, 0.25) is 5.02 Å². The third kappa shape index (κ3) is 4.96. The molecule has 3 aromatic carbocycles. The Morgan fingerprint density at radius 2 is 1.59 bits per heavy atom. The number of aromatic nitrogens is 2. The summed E-state index contributed by atoms with van der Waals surface area (Å²) < 4.78 is 5.98. The summed E-state index contributed by atoms with van der Waals surface area (Å²) >= 11 is 5.96. The summed E-state index contributed by atoms with van der Waals surface area (Å²) in [5, 5.41) is 8.42. The molecule has 0 radical (unpaired) electrons. The van der Waals surface area contributed by atoms with E-state index < -0.39 is 0 Å². The van der Waals surface area contributed by atoms with E-state index in [0.29, 0.717) is 5.02 Å². The van der Waals surface area contributed by atoms with Gasteiger partial charge in [-0.2, -0.15) is 5.10 Å². The summed E-state index contributed by atoms with van der Waals surface area (Å²) in [6.07, 6.45) is 0. The van der Waals surface area contributed by atoms with Gasteiger partial charge in [-0.1, -0.05) is 54.1 Å². The summed E-state index contributed by atoms with van der Waals surface area (Å²) in [6.45, 7) is 4.81. The molecule has 0 bridgehead atoms. The van der Waals surface area contributed by atoms with Crippen molar-refractivity contribution in [2.75, 3.05) is 31.1 Å². The van der Waals surface area contributed by atoms with Crippen LogP contribution >= 0.6 is 11.6 Å². The van der Waals surface area contributed by atoms with E-state index in [1.807, 2.05) is 54.6 Å². The lowest BCUT2D eigenvalue weighted by Crippen LogP contribution is -2.46. The van der Waals surface area contributed by atoms with E-state index in [0.717, 1.165) is 61.3 Å². The lowest BCUT2D eigenvalue weighted by molar-refractivity contribution is 0.249. The molecule has 1 saturated heterocycles. The highest BCUT2D eigenvalue weighted by atomic mass is 35.5. The second-order valence-corrected chi connectivity index (χ2v) is 8.41. The zero-order valence-corrected chi connectivity index (χ0v) is 18.5. The molecule has 1 fully saturated rings. The molecule has 4 aromatic rings. The van der Waals surface area contributed by atoms with Gasteiger partial charge in [-0.3, -0.25) is 10.00 Å². The Morgan fingerprint density at radius 3 is 2.38 bits per heavy atom. The van der Waals surface area contributed by atoms with Crippen LogP contribution in [-0.2, 0) is 6.54 Å². The fourth-order valence-corrected chi connectivity index (χ4v) is 4.10. The van der Waals surface area contributed by atoms with Crippen molar-refractivity contribution in [3.05, 3.63) is 95.5 Å². The predicted molar refractivity (Wildman–Crippen MR) is 129 cm³/mol. The lowest BCUT2D eigenvalue weighted by Gasteiger charge is -2.34. The van der Waals surface area contributed by atoms with Crippen molar-refractivity contribution in [2.24, 2.45) is 0 Å². The molecule has 6 heteroatoms. The van der Waals surface area contributed by atoms with Gasteiger partial charge in [0.15, 0.2) is 5.82 Å². The normalized spacial score (nSPS) is 14.5. The molecular formula is C26H25ClN4O. The minimum Gasteiger partial charge on any atom is -0.457 e. The van der Waals surface area contributed by atoms with Crippen molar-refractivity contribution in [1.82, 2.24) is 15.1 Å². The first-order chi connectivity index (χ1) is 15.7. The first-order valence-electron chi connectivity index (χ1n) is 10.8. The Morgan fingerprint density at radius 1 is 0.812 bits per heavy atom. The quantitative estimate of drug-likeness (QED) is 0.405. The zero-order chi connectivity index (χ0) is 21.8. The Labute approximate surface area is 193 Å². The Hall–Kier alpha value is -3.28. The first-order valence-corrected chi connectivity index (χ1v) is 11.2. The molecule has 0 atom stereocenters. The van der Waals surface area contributed by atoms with E-state index in [4.69, 9.17) is 16.3 Å². The monoisotopic (exact) mass is 444 g/mol. The molecule has 0 saturated carbocycles. The number of nitrogens with one attached hydrogen (secondary N) is 1. The molecule has 0 amide bonds. The van der Waals surface area contributed by atoms with Crippen LogP contribution < -0.4 is 9.64 Å². The lowest BCUT2D eigenvalue weighted by atomic mass is 10.1. The number of piperazine rings is 1. The summed E-state index contributed by atoms with van der Waals surface area (Å²) in [4.78, 5) is 4.82.